The predicted octanol–water partition coefficient (Wildman–Crippen LogP) is 1.90. The Hall–Kier alpha value is -1.75. The van der Waals surface area contributed by atoms with Crippen molar-refractivity contribution in [1.82, 2.24) is 4.90 Å². The van der Waals surface area contributed by atoms with Crippen molar-refractivity contribution in [1.29, 1.82) is 0 Å². The van der Waals surface area contributed by atoms with E-state index in [0.717, 1.165) is 31.5 Å². The number of nitrogens with zero attached hydrogens (tertiary/aromatic N) is 1. The molecule has 2 heteroatoms. The van der Waals surface area contributed by atoms with Gasteiger partial charge in [0, 0.05) is 24.2 Å². The molecule has 0 aliphatic carbocycles. The van der Waals surface area contributed by atoms with Crippen LogP contribution < -0.4 is 0 Å². The predicted molar refractivity (Wildman–Crippen MR) is 59.5 cm³/mol. The van der Waals surface area contributed by atoms with Crippen molar-refractivity contribution in [3.05, 3.63) is 35.4 Å². The normalized spacial score (nSPS) is 15.0. The van der Waals surface area contributed by atoms with E-state index in [-0.39, 0.29) is 5.91 Å². The lowest BCUT2D eigenvalue weighted by Crippen LogP contribution is -2.27. The molecule has 2 nitrogen and oxygen atoms in total. The van der Waals surface area contributed by atoms with Gasteiger partial charge in [-0.1, -0.05) is 12.0 Å². The first-order chi connectivity index (χ1) is 7.31. The van der Waals surface area contributed by atoms with Gasteiger partial charge in [0.25, 0.3) is 5.91 Å². The summed E-state index contributed by atoms with van der Waals surface area (Å²) < 4.78 is 0. The SMILES string of the molecule is C#Cc1cccc(C(=O)N2CCCC2)c1. The molecule has 1 aromatic rings. The van der Waals surface area contributed by atoms with E-state index in [0.29, 0.717) is 5.56 Å². The topological polar surface area (TPSA) is 20.3 Å². The summed E-state index contributed by atoms with van der Waals surface area (Å²) in [6.07, 6.45) is 7.52. The summed E-state index contributed by atoms with van der Waals surface area (Å²) >= 11 is 0. The van der Waals surface area contributed by atoms with Crippen LogP contribution in [0.4, 0.5) is 0 Å². The van der Waals surface area contributed by atoms with Crippen molar-refractivity contribution >= 4 is 5.91 Å². The Morgan fingerprint density at radius 1 is 1.33 bits per heavy atom. The molecule has 0 spiro atoms. The number of hydrogen-bond acceptors (Lipinski definition) is 1. The Balaban J connectivity index is 2.21. The highest BCUT2D eigenvalue weighted by atomic mass is 16.2. The van der Waals surface area contributed by atoms with Crippen molar-refractivity contribution < 1.29 is 4.79 Å². The summed E-state index contributed by atoms with van der Waals surface area (Å²) in [4.78, 5) is 13.9. The first-order valence-electron chi connectivity index (χ1n) is 5.17. The van der Waals surface area contributed by atoms with E-state index in [1.54, 1.807) is 6.07 Å². The van der Waals surface area contributed by atoms with Crippen molar-refractivity contribution in [2.45, 2.75) is 12.8 Å². The smallest absolute Gasteiger partial charge is 0.253 e. The van der Waals surface area contributed by atoms with E-state index in [1.807, 2.05) is 23.1 Å². The summed E-state index contributed by atoms with van der Waals surface area (Å²) in [5, 5.41) is 0. The molecule has 1 aromatic carbocycles. The zero-order valence-corrected chi connectivity index (χ0v) is 8.57. The molecule has 1 aliphatic rings. The van der Waals surface area contributed by atoms with Gasteiger partial charge in [-0.3, -0.25) is 4.79 Å². The number of rotatable bonds is 1. The van der Waals surface area contributed by atoms with Crippen molar-refractivity contribution in [2.24, 2.45) is 0 Å². The lowest BCUT2D eigenvalue weighted by Gasteiger charge is -2.15. The molecule has 1 aliphatic heterocycles. The Morgan fingerprint density at radius 2 is 2.07 bits per heavy atom. The molecule has 76 valence electrons. The number of benzene rings is 1. The number of carbonyl (C=O) groups excluding carboxylic acids is 1. The Kier molecular flexibility index (Phi) is 2.73. The van der Waals surface area contributed by atoms with Gasteiger partial charge in [0.05, 0.1) is 0 Å². The van der Waals surface area contributed by atoms with Gasteiger partial charge in [0.1, 0.15) is 0 Å². The summed E-state index contributed by atoms with van der Waals surface area (Å²) in [5.74, 6) is 2.64. The fourth-order valence-corrected chi connectivity index (χ4v) is 1.84. The van der Waals surface area contributed by atoms with Crippen LogP contribution in [0, 0.1) is 12.3 Å². The van der Waals surface area contributed by atoms with Crippen LogP contribution in [0.15, 0.2) is 24.3 Å². The van der Waals surface area contributed by atoms with Crippen LogP contribution in [0.3, 0.4) is 0 Å². The number of terminal acetylenes is 1. The van der Waals surface area contributed by atoms with Gasteiger partial charge in [-0.05, 0) is 31.0 Å². The van der Waals surface area contributed by atoms with Crippen LogP contribution in [0.5, 0.6) is 0 Å². The van der Waals surface area contributed by atoms with Crippen molar-refractivity contribution in [2.75, 3.05) is 13.1 Å². The van der Waals surface area contributed by atoms with Crippen LogP contribution in [0.2, 0.25) is 0 Å². The maximum absolute atomic E-state index is 12.0. The summed E-state index contributed by atoms with van der Waals surface area (Å²) in [5.41, 5.74) is 1.47. The molecular weight excluding hydrogens is 186 g/mol. The number of amides is 1. The highest BCUT2D eigenvalue weighted by Crippen LogP contribution is 2.13. The molecular formula is C13H13NO. The molecule has 1 amide bonds. The third-order valence-corrected chi connectivity index (χ3v) is 2.67. The third kappa shape index (κ3) is 2.02. The lowest BCUT2D eigenvalue weighted by molar-refractivity contribution is 0.0793. The Morgan fingerprint density at radius 3 is 2.73 bits per heavy atom. The van der Waals surface area contributed by atoms with Gasteiger partial charge in [-0.25, -0.2) is 0 Å². The molecule has 0 saturated carbocycles. The quantitative estimate of drug-likeness (QED) is 0.633. The maximum atomic E-state index is 12.0. The fraction of sp³-hybridized carbons (Fsp3) is 0.308. The Bertz CT molecular complexity index is 411. The van der Waals surface area contributed by atoms with E-state index in [2.05, 4.69) is 5.92 Å². The van der Waals surface area contributed by atoms with E-state index < -0.39 is 0 Å². The molecule has 0 bridgehead atoms. The van der Waals surface area contributed by atoms with Crippen molar-refractivity contribution in [3.63, 3.8) is 0 Å². The van der Waals surface area contributed by atoms with Crippen LogP contribution in [0.25, 0.3) is 0 Å². The molecule has 0 atom stereocenters. The first kappa shape index (κ1) is 9.79. The van der Waals surface area contributed by atoms with Gasteiger partial charge >= 0.3 is 0 Å². The molecule has 0 aromatic heterocycles. The molecule has 2 rings (SSSR count). The maximum Gasteiger partial charge on any atom is 0.253 e. The van der Waals surface area contributed by atoms with E-state index in [9.17, 15) is 4.79 Å². The molecule has 0 radical (unpaired) electrons. The van der Waals surface area contributed by atoms with E-state index >= 15 is 0 Å². The largest absolute Gasteiger partial charge is 0.339 e. The highest BCUT2D eigenvalue weighted by Gasteiger charge is 2.19. The van der Waals surface area contributed by atoms with Gasteiger partial charge in [0.2, 0.25) is 0 Å². The zero-order valence-electron chi connectivity index (χ0n) is 8.57. The molecule has 1 saturated heterocycles. The number of hydrogen-bond donors (Lipinski definition) is 0. The molecule has 15 heavy (non-hydrogen) atoms. The molecule has 1 fully saturated rings. The van der Waals surface area contributed by atoms with E-state index in [1.165, 1.54) is 0 Å². The Labute approximate surface area is 89.9 Å². The summed E-state index contributed by atoms with van der Waals surface area (Å²) in [7, 11) is 0. The second-order valence-corrected chi connectivity index (χ2v) is 3.72. The average molecular weight is 199 g/mol. The number of likely N-dealkylation sites (tertiary alicyclic amines) is 1. The van der Waals surface area contributed by atoms with Crippen LogP contribution in [-0.2, 0) is 0 Å². The highest BCUT2D eigenvalue weighted by molar-refractivity contribution is 5.94. The van der Waals surface area contributed by atoms with Gasteiger partial charge in [0.15, 0.2) is 0 Å². The van der Waals surface area contributed by atoms with Crippen LogP contribution in [0.1, 0.15) is 28.8 Å². The number of carbonyl (C=O) groups is 1. The molecule has 0 N–H and O–H groups in total. The lowest BCUT2D eigenvalue weighted by atomic mass is 10.1. The third-order valence-electron chi connectivity index (χ3n) is 2.67. The van der Waals surface area contributed by atoms with Gasteiger partial charge in [-0.2, -0.15) is 0 Å². The molecule has 0 unspecified atom stereocenters. The minimum atomic E-state index is 0.101. The van der Waals surface area contributed by atoms with Crippen LogP contribution >= 0.6 is 0 Å². The standard InChI is InChI=1S/C13H13NO/c1-2-11-6-5-7-12(10-11)13(15)14-8-3-4-9-14/h1,5-7,10H,3-4,8-9H2. The summed E-state index contributed by atoms with van der Waals surface area (Å²) in [6, 6.07) is 7.27. The fourth-order valence-electron chi connectivity index (χ4n) is 1.84. The minimum absolute atomic E-state index is 0.101. The van der Waals surface area contributed by atoms with Gasteiger partial charge < -0.3 is 4.90 Å². The molecule has 1 heterocycles. The second kappa shape index (κ2) is 4.18. The monoisotopic (exact) mass is 199 g/mol. The zero-order chi connectivity index (χ0) is 10.7. The minimum Gasteiger partial charge on any atom is -0.339 e. The average Bonchev–Trinajstić information content (AvgIpc) is 2.81. The van der Waals surface area contributed by atoms with Crippen molar-refractivity contribution in [3.8, 4) is 12.3 Å². The first-order valence-corrected chi connectivity index (χ1v) is 5.17. The van der Waals surface area contributed by atoms with Crippen LogP contribution in [-0.4, -0.2) is 23.9 Å². The second-order valence-electron chi connectivity index (χ2n) is 3.72. The van der Waals surface area contributed by atoms with Gasteiger partial charge in [-0.15, -0.1) is 6.42 Å². The summed E-state index contributed by atoms with van der Waals surface area (Å²) in [6.45, 7) is 1.75. The van der Waals surface area contributed by atoms with E-state index in [4.69, 9.17) is 6.42 Å².